The van der Waals surface area contributed by atoms with Gasteiger partial charge in [0.2, 0.25) is 0 Å². The molecule has 3 nitrogen and oxygen atoms in total. The highest BCUT2D eigenvalue weighted by Gasteiger charge is 2.45. The van der Waals surface area contributed by atoms with Crippen molar-refractivity contribution in [2.75, 3.05) is 7.11 Å². The fourth-order valence-corrected chi connectivity index (χ4v) is 1.63. The summed E-state index contributed by atoms with van der Waals surface area (Å²) in [6.45, 7) is 2.00. The van der Waals surface area contributed by atoms with E-state index in [1.54, 1.807) is 0 Å². The molecule has 2 rings (SSSR count). The largest absolute Gasteiger partial charge is 0.469 e. The van der Waals surface area contributed by atoms with Crippen molar-refractivity contribution < 1.29 is 9.53 Å². The lowest BCUT2D eigenvalue weighted by atomic mass is 10.2. The Morgan fingerprint density at radius 1 is 1.57 bits per heavy atom. The number of methoxy groups -OCH3 is 1. The van der Waals surface area contributed by atoms with Crippen LogP contribution in [0, 0.1) is 12.8 Å². The maximum atomic E-state index is 11.2. The molecule has 2 atom stereocenters. The first-order chi connectivity index (χ1) is 6.72. The standard InChI is InChI=1S/C11H13NO2/c1-7-3-4-10(12-6-7)8-5-9(8)11(13)14-2/h3-4,6,8-9H,5H2,1-2H3/t8-,9-/m1/s1. The summed E-state index contributed by atoms with van der Waals surface area (Å²) < 4.78 is 4.68. The van der Waals surface area contributed by atoms with Gasteiger partial charge in [-0.05, 0) is 25.0 Å². The number of rotatable bonds is 2. The molecule has 0 aliphatic heterocycles. The average Bonchev–Trinajstić information content (AvgIpc) is 2.98. The molecule has 74 valence electrons. The van der Waals surface area contributed by atoms with Gasteiger partial charge in [-0.3, -0.25) is 9.78 Å². The molecule has 1 saturated carbocycles. The van der Waals surface area contributed by atoms with Crippen molar-refractivity contribution in [2.24, 2.45) is 5.92 Å². The number of nitrogens with zero attached hydrogens (tertiary/aromatic N) is 1. The zero-order chi connectivity index (χ0) is 10.1. The smallest absolute Gasteiger partial charge is 0.309 e. The molecular weight excluding hydrogens is 178 g/mol. The monoisotopic (exact) mass is 191 g/mol. The molecule has 3 heteroatoms. The van der Waals surface area contributed by atoms with Gasteiger partial charge >= 0.3 is 5.97 Å². The molecule has 1 aromatic heterocycles. The van der Waals surface area contributed by atoms with Crippen LogP contribution >= 0.6 is 0 Å². The van der Waals surface area contributed by atoms with Crippen LogP contribution in [0.5, 0.6) is 0 Å². The lowest BCUT2D eigenvalue weighted by molar-refractivity contribution is -0.142. The highest BCUT2D eigenvalue weighted by molar-refractivity contribution is 5.77. The number of hydrogen-bond donors (Lipinski definition) is 0. The Morgan fingerprint density at radius 2 is 2.36 bits per heavy atom. The minimum absolute atomic E-state index is 0.0372. The molecule has 0 bridgehead atoms. The number of carbonyl (C=O) groups excluding carboxylic acids is 1. The molecule has 0 spiro atoms. The van der Waals surface area contributed by atoms with E-state index in [1.807, 2.05) is 25.3 Å². The predicted molar refractivity (Wildman–Crippen MR) is 51.8 cm³/mol. The number of hydrogen-bond acceptors (Lipinski definition) is 3. The third kappa shape index (κ3) is 1.62. The molecule has 0 radical (unpaired) electrons. The van der Waals surface area contributed by atoms with Gasteiger partial charge in [0.1, 0.15) is 0 Å². The van der Waals surface area contributed by atoms with E-state index in [2.05, 4.69) is 9.72 Å². The summed E-state index contributed by atoms with van der Waals surface area (Å²) in [4.78, 5) is 15.5. The second-order valence-electron chi connectivity index (χ2n) is 3.73. The second-order valence-corrected chi connectivity index (χ2v) is 3.73. The Morgan fingerprint density at radius 3 is 2.93 bits per heavy atom. The van der Waals surface area contributed by atoms with E-state index in [0.29, 0.717) is 0 Å². The highest BCUT2D eigenvalue weighted by atomic mass is 16.5. The van der Waals surface area contributed by atoms with E-state index in [4.69, 9.17) is 0 Å². The van der Waals surface area contributed by atoms with E-state index < -0.39 is 0 Å². The molecule has 0 N–H and O–H groups in total. The van der Waals surface area contributed by atoms with Crippen LogP contribution < -0.4 is 0 Å². The molecular formula is C11H13NO2. The van der Waals surface area contributed by atoms with Crippen LogP contribution in [0.1, 0.15) is 23.6 Å². The molecule has 0 saturated heterocycles. The Kier molecular flexibility index (Phi) is 2.23. The van der Waals surface area contributed by atoms with Crippen LogP contribution in [0.3, 0.4) is 0 Å². The van der Waals surface area contributed by atoms with Crippen molar-refractivity contribution in [3.63, 3.8) is 0 Å². The fourth-order valence-electron chi connectivity index (χ4n) is 1.63. The summed E-state index contributed by atoms with van der Waals surface area (Å²) in [6.07, 6.45) is 2.71. The molecule has 0 aromatic carbocycles. The molecule has 0 unspecified atom stereocenters. The molecule has 1 aromatic rings. The van der Waals surface area contributed by atoms with Gasteiger partial charge in [0.05, 0.1) is 13.0 Å². The zero-order valence-corrected chi connectivity index (χ0v) is 8.36. The van der Waals surface area contributed by atoms with Gasteiger partial charge in [-0.25, -0.2) is 0 Å². The average molecular weight is 191 g/mol. The second kappa shape index (κ2) is 3.40. The number of aryl methyl sites for hydroxylation is 1. The van der Waals surface area contributed by atoms with Gasteiger partial charge in [0.25, 0.3) is 0 Å². The van der Waals surface area contributed by atoms with Gasteiger partial charge in [-0.2, -0.15) is 0 Å². The van der Waals surface area contributed by atoms with Crippen molar-refractivity contribution in [1.82, 2.24) is 4.98 Å². The van der Waals surface area contributed by atoms with Crippen LogP contribution in [-0.4, -0.2) is 18.1 Å². The Balaban J connectivity index is 2.06. The van der Waals surface area contributed by atoms with Gasteiger partial charge in [0.15, 0.2) is 0 Å². The summed E-state index contributed by atoms with van der Waals surface area (Å²) in [7, 11) is 1.43. The van der Waals surface area contributed by atoms with Crippen LogP contribution in [0.25, 0.3) is 0 Å². The van der Waals surface area contributed by atoms with Gasteiger partial charge in [-0.1, -0.05) is 6.07 Å². The fraction of sp³-hybridized carbons (Fsp3) is 0.455. The van der Waals surface area contributed by atoms with Crippen molar-refractivity contribution in [3.8, 4) is 0 Å². The van der Waals surface area contributed by atoms with Crippen LogP contribution in [-0.2, 0) is 9.53 Å². The summed E-state index contributed by atoms with van der Waals surface area (Å²) in [5.74, 6) is 0.204. The number of pyridine rings is 1. The van der Waals surface area contributed by atoms with E-state index >= 15 is 0 Å². The van der Waals surface area contributed by atoms with E-state index in [1.165, 1.54) is 7.11 Å². The lowest BCUT2D eigenvalue weighted by Crippen LogP contribution is -2.04. The Labute approximate surface area is 83.1 Å². The van der Waals surface area contributed by atoms with Crippen LogP contribution in [0.2, 0.25) is 0 Å². The predicted octanol–water partition coefficient (Wildman–Crippen LogP) is 1.67. The SMILES string of the molecule is COC(=O)[C@@H]1C[C@H]1c1ccc(C)cn1. The minimum atomic E-state index is -0.114. The first-order valence-corrected chi connectivity index (χ1v) is 4.72. The molecule has 1 aliphatic carbocycles. The number of carbonyl (C=O) groups is 1. The van der Waals surface area contributed by atoms with E-state index in [-0.39, 0.29) is 17.8 Å². The number of aromatic nitrogens is 1. The molecule has 0 amide bonds. The van der Waals surface area contributed by atoms with Gasteiger partial charge in [0, 0.05) is 17.8 Å². The normalized spacial score (nSPS) is 24.4. The van der Waals surface area contributed by atoms with Crippen molar-refractivity contribution >= 4 is 5.97 Å². The molecule has 1 fully saturated rings. The third-order valence-electron chi connectivity index (χ3n) is 2.61. The quantitative estimate of drug-likeness (QED) is 0.667. The number of ether oxygens (including phenoxy) is 1. The summed E-state index contributed by atoms with van der Waals surface area (Å²) >= 11 is 0. The zero-order valence-electron chi connectivity index (χ0n) is 8.36. The van der Waals surface area contributed by atoms with Gasteiger partial charge < -0.3 is 4.74 Å². The first kappa shape index (κ1) is 9.19. The van der Waals surface area contributed by atoms with Crippen LogP contribution in [0.4, 0.5) is 0 Å². The lowest BCUT2D eigenvalue weighted by Gasteiger charge is -1.99. The van der Waals surface area contributed by atoms with Crippen molar-refractivity contribution in [1.29, 1.82) is 0 Å². The number of esters is 1. The summed E-state index contributed by atoms with van der Waals surface area (Å²) in [6, 6.07) is 4.01. The molecule has 1 heterocycles. The Bertz CT molecular complexity index is 345. The molecule has 14 heavy (non-hydrogen) atoms. The topological polar surface area (TPSA) is 39.2 Å². The summed E-state index contributed by atoms with van der Waals surface area (Å²) in [5, 5.41) is 0. The van der Waals surface area contributed by atoms with Crippen LogP contribution in [0.15, 0.2) is 18.3 Å². The van der Waals surface area contributed by atoms with Crippen molar-refractivity contribution in [3.05, 3.63) is 29.6 Å². The maximum Gasteiger partial charge on any atom is 0.309 e. The first-order valence-electron chi connectivity index (χ1n) is 4.72. The minimum Gasteiger partial charge on any atom is -0.469 e. The van der Waals surface area contributed by atoms with E-state index in [0.717, 1.165) is 17.7 Å². The van der Waals surface area contributed by atoms with Gasteiger partial charge in [-0.15, -0.1) is 0 Å². The van der Waals surface area contributed by atoms with E-state index in [9.17, 15) is 4.79 Å². The highest BCUT2D eigenvalue weighted by Crippen LogP contribution is 2.47. The maximum absolute atomic E-state index is 11.2. The van der Waals surface area contributed by atoms with Crippen molar-refractivity contribution in [2.45, 2.75) is 19.3 Å². The Hall–Kier alpha value is -1.38. The third-order valence-corrected chi connectivity index (χ3v) is 2.61. The molecule has 1 aliphatic rings. The summed E-state index contributed by atoms with van der Waals surface area (Å²) in [5.41, 5.74) is 2.15.